The van der Waals surface area contributed by atoms with Gasteiger partial charge in [-0.05, 0) is 207 Å². The third kappa shape index (κ3) is 30.1. The van der Waals surface area contributed by atoms with Gasteiger partial charge in [-0.2, -0.15) is 39.5 Å². The summed E-state index contributed by atoms with van der Waals surface area (Å²) in [5.74, 6) is -2.98. The monoisotopic (exact) mass is 1510 g/mol. The largest absolute Gasteiger partial charge is 0.462 e. The second-order valence-corrected chi connectivity index (χ2v) is 39.6. The number of hydrogen-bond donors (Lipinski definition) is 0. The van der Waals surface area contributed by atoms with E-state index in [0.29, 0.717) is 24.9 Å². The standard InChI is InChI=1S/C17H18F6O6.C16H30O2.C14H30Si.C13H24O2.C9H15F3O2.C9H18O3/c1-3-6(2)11(24)27-9-7-4-8-10(9)28-13(25)15(8,5-7)14(26)29-12(16(18,19)20)17(21,22)23;1-7-16(5,6)14(17)18-13-10-8-12(9-11-13)15(2,3)4;1-6-12(2)14-9-7-13(8-10-14)11-15(3,4)5;1-5-12(3,4)11(14)15-13(6-2)9-7-8-10-13;1-5-8(3,4)7(13)14-6(2)9(10,11)12;1-5-7(3)9(10)12-8(4)11-6-2/h6-10,12H,3-5H2,1-2H3;12-13H,7-11H2,1-6H3;12-14H,6-11H2,1-5H3;5-10H2,1-4H3;6H,5H2,1-4H3;7-8H,5-6H2,1-4H3. The smallest absolute Gasteiger partial charge is 0.434 e. The normalized spacial score (nSPS) is 25.4. The Morgan fingerprint density at radius 1 is 0.573 bits per heavy atom. The Morgan fingerprint density at radius 3 is 1.47 bits per heavy atom. The summed E-state index contributed by atoms with van der Waals surface area (Å²) in [7, 11) is -0.802. The summed E-state index contributed by atoms with van der Waals surface area (Å²) >= 11 is 0. The lowest BCUT2D eigenvalue weighted by Gasteiger charge is -2.37. The molecule has 5 aliphatic carbocycles. The molecule has 604 valence electrons. The van der Waals surface area contributed by atoms with Crippen molar-refractivity contribution >= 4 is 49.9 Å². The fourth-order valence-corrected chi connectivity index (χ4v) is 15.5. The van der Waals surface area contributed by atoms with E-state index in [-0.39, 0.29) is 52.8 Å². The molecule has 10 atom stereocenters. The van der Waals surface area contributed by atoms with Crippen LogP contribution in [-0.4, -0.2) is 117 Å². The lowest BCUT2D eigenvalue weighted by atomic mass is 9.72. The molecule has 25 heteroatoms. The minimum Gasteiger partial charge on any atom is -0.462 e. The van der Waals surface area contributed by atoms with Crippen molar-refractivity contribution < 1.29 is 111 Å². The van der Waals surface area contributed by atoms with Crippen LogP contribution in [0.5, 0.6) is 0 Å². The van der Waals surface area contributed by atoms with Gasteiger partial charge in [0.15, 0.2) is 17.8 Å². The number of alkyl halides is 9. The van der Waals surface area contributed by atoms with E-state index in [4.69, 9.17) is 28.4 Å². The summed E-state index contributed by atoms with van der Waals surface area (Å²) in [6.45, 7) is 50.3. The van der Waals surface area contributed by atoms with Crippen molar-refractivity contribution in [3.63, 3.8) is 0 Å². The van der Waals surface area contributed by atoms with Crippen LogP contribution < -0.4 is 0 Å². The molecule has 0 aromatic rings. The highest BCUT2D eigenvalue weighted by molar-refractivity contribution is 6.76. The molecular formula is C78H135F9O15Si. The minimum atomic E-state index is -5.89. The van der Waals surface area contributed by atoms with Gasteiger partial charge in [-0.3, -0.25) is 33.6 Å². The third-order valence-corrected chi connectivity index (χ3v) is 24.5. The van der Waals surface area contributed by atoms with Crippen molar-refractivity contribution in [2.75, 3.05) is 6.61 Å². The first kappa shape index (κ1) is 96.8. The summed E-state index contributed by atoms with van der Waals surface area (Å²) in [6.07, 6.45) is -4.44. The molecule has 6 aliphatic rings. The second kappa shape index (κ2) is 40.9. The zero-order valence-electron chi connectivity index (χ0n) is 67.4. The van der Waals surface area contributed by atoms with Crippen molar-refractivity contribution in [2.24, 2.45) is 74.4 Å². The molecule has 0 aromatic carbocycles. The number of fused-ring (bicyclic) bond motifs is 1. The van der Waals surface area contributed by atoms with E-state index in [9.17, 15) is 73.1 Å². The van der Waals surface area contributed by atoms with Crippen LogP contribution in [-0.2, 0) is 71.5 Å². The summed E-state index contributed by atoms with van der Waals surface area (Å²) < 4.78 is 152. The topological polar surface area (TPSA) is 193 Å². The van der Waals surface area contributed by atoms with Gasteiger partial charge in [0.2, 0.25) is 0 Å². The number of rotatable bonds is 24. The first-order valence-corrected chi connectivity index (χ1v) is 42.0. The summed E-state index contributed by atoms with van der Waals surface area (Å²) in [4.78, 5) is 83.2. The van der Waals surface area contributed by atoms with Gasteiger partial charge in [0.05, 0.1) is 28.1 Å². The zero-order chi connectivity index (χ0) is 80.0. The van der Waals surface area contributed by atoms with Crippen LogP contribution in [0.15, 0.2) is 0 Å². The Kier molecular flexibility index (Phi) is 38.4. The maximum atomic E-state index is 12.7. The molecule has 10 unspecified atom stereocenters. The van der Waals surface area contributed by atoms with E-state index in [0.717, 1.165) is 82.0 Å². The average Bonchev–Trinajstić information content (AvgIpc) is 1.53. The highest BCUT2D eigenvalue weighted by Gasteiger charge is 2.76. The highest BCUT2D eigenvalue weighted by Crippen LogP contribution is 2.63. The predicted molar refractivity (Wildman–Crippen MR) is 382 cm³/mol. The fraction of sp³-hybridized carbons (Fsp3) is 0.910. The summed E-state index contributed by atoms with van der Waals surface area (Å²) in [5.41, 5.74) is -3.52. The van der Waals surface area contributed by atoms with E-state index >= 15 is 0 Å². The Hall–Kier alpha value is -4.16. The minimum absolute atomic E-state index is 0.0197. The molecule has 0 spiro atoms. The van der Waals surface area contributed by atoms with Crippen LogP contribution in [0.4, 0.5) is 39.5 Å². The quantitative estimate of drug-likeness (QED) is 0.0221. The maximum absolute atomic E-state index is 12.7. The van der Waals surface area contributed by atoms with Gasteiger partial charge in [0.25, 0.3) is 6.10 Å². The predicted octanol–water partition coefficient (Wildman–Crippen LogP) is 21.2. The Morgan fingerprint density at radius 2 is 1.05 bits per heavy atom. The lowest BCUT2D eigenvalue weighted by Crippen LogP contribution is -2.51. The van der Waals surface area contributed by atoms with Crippen LogP contribution in [0.2, 0.25) is 25.7 Å². The molecule has 2 bridgehead atoms. The molecule has 1 saturated heterocycles. The van der Waals surface area contributed by atoms with Crippen LogP contribution in [0, 0.1) is 74.4 Å². The van der Waals surface area contributed by atoms with Gasteiger partial charge in [0, 0.05) is 26.5 Å². The van der Waals surface area contributed by atoms with Gasteiger partial charge in [0.1, 0.15) is 23.9 Å². The molecule has 0 aromatic heterocycles. The molecule has 15 nitrogen and oxygen atoms in total. The average molecular weight is 1510 g/mol. The molecule has 6 fully saturated rings. The van der Waals surface area contributed by atoms with Crippen LogP contribution in [0.25, 0.3) is 0 Å². The van der Waals surface area contributed by atoms with Gasteiger partial charge in [-0.1, -0.05) is 135 Å². The summed E-state index contributed by atoms with van der Waals surface area (Å²) in [5, 5.41) is 0. The van der Waals surface area contributed by atoms with Crippen molar-refractivity contribution in [1.82, 2.24) is 0 Å². The molecule has 0 amide bonds. The number of carbonyl (C=O) groups excluding carboxylic acids is 7. The molecule has 103 heavy (non-hydrogen) atoms. The maximum Gasteiger partial charge on any atom is 0.434 e. The number of carbonyl (C=O) groups is 7. The van der Waals surface area contributed by atoms with E-state index in [1.165, 1.54) is 57.8 Å². The number of halogens is 9. The SMILES string of the molecule is CCC(C)(C)C(=O)OC(C)C(F)(F)F.CCC(C)(C)C(=O)OC1CCC(C(C)(C)C)CC1.CCC(C)C(=O)OC1C2CC3C1OC(=O)C3(C(=O)OC(C(F)(F)F)C(F)(F)F)C2.CCC(C)C1CCC(C[Si](C)(C)C)CC1.CCC1(OC(=O)C(C)(C)CC)CCCC1.CCOC(C)OC(=O)C(C)CC. The molecule has 1 heterocycles. The number of ether oxygens (including phenoxy) is 8. The first-order chi connectivity index (χ1) is 47.0. The Balaban J connectivity index is 0.000000638. The van der Waals surface area contributed by atoms with Gasteiger partial charge in [-0.15, -0.1) is 0 Å². The van der Waals surface area contributed by atoms with E-state index in [2.05, 4.69) is 70.7 Å². The van der Waals surface area contributed by atoms with Gasteiger partial charge < -0.3 is 37.9 Å². The van der Waals surface area contributed by atoms with Crippen LogP contribution in [0.3, 0.4) is 0 Å². The summed E-state index contributed by atoms with van der Waals surface area (Å²) in [6, 6.07) is 1.57. The second-order valence-electron chi connectivity index (χ2n) is 34.1. The van der Waals surface area contributed by atoms with Crippen molar-refractivity contribution in [1.29, 1.82) is 0 Å². The fourth-order valence-electron chi connectivity index (χ4n) is 13.3. The van der Waals surface area contributed by atoms with Crippen molar-refractivity contribution in [2.45, 2.75) is 374 Å². The highest BCUT2D eigenvalue weighted by atomic mass is 28.3. The Labute approximate surface area is 613 Å². The zero-order valence-corrected chi connectivity index (χ0v) is 68.4. The van der Waals surface area contributed by atoms with Crippen LogP contribution in [0.1, 0.15) is 287 Å². The Bertz CT molecular complexity index is 2590. The number of hydrogen-bond acceptors (Lipinski definition) is 15. The molecule has 0 radical (unpaired) electrons. The molecule has 5 saturated carbocycles. The number of esters is 7. The molecular weight excluding hydrogens is 1380 g/mol. The van der Waals surface area contributed by atoms with E-state index < -0.39 is 116 Å². The first-order valence-electron chi connectivity index (χ1n) is 38.3. The molecule has 0 N–H and O–H groups in total. The van der Waals surface area contributed by atoms with E-state index in [1.807, 2.05) is 62.3 Å². The molecule has 1 aliphatic heterocycles. The van der Waals surface area contributed by atoms with Crippen molar-refractivity contribution in [3.05, 3.63) is 0 Å². The van der Waals surface area contributed by atoms with Crippen LogP contribution >= 0.6 is 0 Å². The van der Waals surface area contributed by atoms with Gasteiger partial charge >= 0.3 is 60.3 Å². The lowest BCUT2D eigenvalue weighted by molar-refractivity contribution is -0.315. The van der Waals surface area contributed by atoms with Gasteiger partial charge in [-0.25, -0.2) is 0 Å². The van der Waals surface area contributed by atoms with E-state index in [1.54, 1.807) is 47.6 Å². The molecule has 6 rings (SSSR count). The van der Waals surface area contributed by atoms with Crippen molar-refractivity contribution in [3.8, 4) is 0 Å². The third-order valence-electron chi connectivity index (χ3n) is 22.7.